The number of hydrogen-bond acceptors (Lipinski definition) is 4. The molecule has 0 aliphatic carbocycles. The smallest absolute Gasteiger partial charge is 0.416 e. The number of hydrogen-bond donors (Lipinski definition) is 1. The number of nitrogens with one attached hydrogen (secondary N) is 1. The van der Waals surface area contributed by atoms with Crippen molar-refractivity contribution in [3.05, 3.63) is 65.4 Å². The number of pyridine rings is 1. The fraction of sp³-hybridized carbons (Fsp3) is 0.200. The predicted molar refractivity (Wildman–Crippen MR) is 97.2 cm³/mol. The zero-order valence-corrected chi connectivity index (χ0v) is 14.7. The summed E-state index contributed by atoms with van der Waals surface area (Å²) in [4.78, 5) is 15.9. The van der Waals surface area contributed by atoms with Crippen LogP contribution in [0.5, 0.6) is 0 Å². The van der Waals surface area contributed by atoms with Gasteiger partial charge in [-0.2, -0.15) is 13.2 Å². The first kappa shape index (κ1) is 18.7. The minimum absolute atomic E-state index is 0.260. The van der Waals surface area contributed by atoms with Gasteiger partial charge in [0, 0.05) is 22.5 Å². The molecule has 4 nitrogen and oxygen atoms in total. The number of carbonyl (C=O) groups is 1. The Hall–Kier alpha value is -3.09. The highest BCUT2D eigenvalue weighted by molar-refractivity contribution is 5.94. The summed E-state index contributed by atoms with van der Waals surface area (Å²) < 4.78 is 43.8. The molecular weight excluding hydrogens is 357 g/mol. The van der Waals surface area contributed by atoms with E-state index in [0.29, 0.717) is 34.6 Å². The lowest BCUT2D eigenvalue weighted by Gasteiger charge is -2.13. The molecular formula is C20H17F3N2O2. The molecule has 0 bridgehead atoms. The van der Waals surface area contributed by atoms with Gasteiger partial charge in [-0.25, -0.2) is 4.79 Å². The topological polar surface area (TPSA) is 51.2 Å². The first-order valence-electron chi connectivity index (χ1n) is 8.30. The van der Waals surface area contributed by atoms with Crippen molar-refractivity contribution < 1.29 is 22.7 Å². The summed E-state index contributed by atoms with van der Waals surface area (Å²) in [6.45, 7) is 3.74. The number of carbonyl (C=O) groups excluding carboxylic acids is 1. The van der Waals surface area contributed by atoms with Crippen LogP contribution in [0.3, 0.4) is 0 Å². The number of benzene rings is 2. The van der Waals surface area contributed by atoms with Crippen LogP contribution >= 0.6 is 0 Å². The van der Waals surface area contributed by atoms with Crippen molar-refractivity contribution in [1.82, 2.24) is 4.98 Å². The van der Waals surface area contributed by atoms with Crippen LogP contribution in [0, 0.1) is 6.92 Å². The molecule has 1 aromatic heterocycles. The van der Waals surface area contributed by atoms with Crippen LogP contribution in [0.25, 0.3) is 10.9 Å². The van der Waals surface area contributed by atoms with Gasteiger partial charge in [-0.05, 0) is 56.3 Å². The van der Waals surface area contributed by atoms with E-state index >= 15 is 0 Å². The van der Waals surface area contributed by atoms with Crippen molar-refractivity contribution in [2.75, 3.05) is 11.9 Å². The molecule has 2 aromatic carbocycles. The predicted octanol–water partition coefficient (Wildman–Crippen LogP) is 5.48. The van der Waals surface area contributed by atoms with Crippen LogP contribution in [0.2, 0.25) is 0 Å². The molecule has 0 atom stereocenters. The Morgan fingerprint density at radius 3 is 2.44 bits per heavy atom. The van der Waals surface area contributed by atoms with Crippen molar-refractivity contribution in [2.24, 2.45) is 0 Å². The Bertz CT molecular complexity index is 983. The highest BCUT2D eigenvalue weighted by atomic mass is 19.4. The van der Waals surface area contributed by atoms with Crippen molar-refractivity contribution in [2.45, 2.75) is 20.0 Å². The number of ether oxygens (including phenoxy) is 1. The van der Waals surface area contributed by atoms with E-state index in [0.717, 1.165) is 12.1 Å². The van der Waals surface area contributed by atoms with E-state index in [2.05, 4.69) is 10.3 Å². The molecule has 0 aliphatic heterocycles. The number of halogens is 3. The SMILES string of the molecule is CCOC(=O)c1ccc(Nc2cc(C)nc3cc(C(F)(F)F)ccc23)cc1. The number of aromatic nitrogens is 1. The molecule has 140 valence electrons. The Kier molecular flexibility index (Phi) is 5.03. The van der Waals surface area contributed by atoms with Gasteiger partial charge >= 0.3 is 12.1 Å². The standard InChI is InChI=1S/C20H17F3N2O2/c1-3-27-19(26)13-4-7-15(8-5-13)25-17-10-12(2)24-18-11-14(20(21,22)23)6-9-16(17)18/h4-11H,3H2,1-2H3,(H,24,25). The van der Waals surface area contributed by atoms with E-state index in [1.165, 1.54) is 6.07 Å². The summed E-state index contributed by atoms with van der Waals surface area (Å²) >= 11 is 0. The molecule has 0 amide bonds. The molecule has 1 N–H and O–H groups in total. The Morgan fingerprint density at radius 2 is 1.81 bits per heavy atom. The minimum Gasteiger partial charge on any atom is -0.462 e. The van der Waals surface area contributed by atoms with Crippen LogP contribution in [-0.2, 0) is 10.9 Å². The van der Waals surface area contributed by atoms with Gasteiger partial charge < -0.3 is 10.1 Å². The van der Waals surface area contributed by atoms with Crippen LogP contribution in [0.4, 0.5) is 24.5 Å². The summed E-state index contributed by atoms with van der Waals surface area (Å²) in [6, 6.07) is 11.9. The maximum Gasteiger partial charge on any atom is 0.416 e. The largest absolute Gasteiger partial charge is 0.462 e. The lowest BCUT2D eigenvalue weighted by Crippen LogP contribution is -2.05. The van der Waals surface area contributed by atoms with Gasteiger partial charge in [0.2, 0.25) is 0 Å². The first-order valence-corrected chi connectivity index (χ1v) is 8.30. The summed E-state index contributed by atoms with van der Waals surface area (Å²) in [6.07, 6.45) is -4.42. The maximum absolute atomic E-state index is 12.9. The summed E-state index contributed by atoms with van der Waals surface area (Å²) in [5, 5.41) is 3.74. The number of esters is 1. The van der Waals surface area contributed by atoms with Gasteiger partial charge in [-0.15, -0.1) is 0 Å². The summed E-state index contributed by atoms with van der Waals surface area (Å²) in [5.41, 5.74) is 1.86. The van der Waals surface area contributed by atoms with E-state index in [-0.39, 0.29) is 5.52 Å². The van der Waals surface area contributed by atoms with Crippen LogP contribution < -0.4 is 5.32 Å². The third kappa shape index (κ3) is 4.19. The first-order chi connectivity index (χ1) is 12.8. The number of fused-ring (bicyclic) bond motifs is 1. The monoisotopic (exact) mass is 374 g/mol. The van der Waals surface area contributed by atoms with Gasteiger partial charge in [0.1, 0.15) is 0 Å². The highest BCUT2D eigenvalue weighted by Crippen LogP contribution is 2.33. The quantitative estimate of drug-likeness (QED) is 0.614. The third-order valence-corrected chi connectivity index (χ3v) is 3.94. The van der Waals surface area contributed by atoms with Crippen LogP contribution in [-0.4, -0.2) is 17.6 Å². The summed E-state index contributed by atoms with van der Waals surface area (Å²) in [5.74, 6) is -0.408. The molecule has 0 fully saturated rings. The average molecular weight is 374 g/mol. The lowest BCUT2D eigenvalue weighted by atomic mass is 10.1. The normalized spacial score (nSPS) is 11.4. The van der Waals surface area contributed by atoms with E-state index < -0.39 is 17.7 Å². The molecule has 7 heteroatoms. The molecule has 3 aromatic rings. The number of anilines is 2. The van der Waals surface area contributed by atoms with Gasteiger partial charge in [-0.1, -0.05) is 6.07 Å². The Morgan fingerprint density at radius 1 is 1.11 bits per heavy atom. The maximum atomic E-state index is 12.9. The van der Waals surface area contributed by atoms with E-state index in [4.69, 9.17) is 4.74 Å². The zero-order valence-electron chi connectivity index (χ0n) is 14.7. The second kappa shape index (κ2) is 7.26. The molecule has 0 radical (unpaired) electrons. The van der Waals surface area contributed by atoms with Gasteiger partial charge in [-0.3, -0.25) is 4.98 Å². The molecule has 3 rings (SSSR count). The van der Waals surface area contributed by atoms with Crippen LogP contribution in [0.1, 0.15) is 28.5 Å². The highest BCUT2D eigenvalue weighted by Gasteiger charge is 2.30. The molecule has 0 aliphatic rings. The Labute approximate surface area is 154 Å². The van der Waals surface area contributed by atoms with Crippen molar-refractivity contribution >= 4 is 28.2 Å². The average Bonchev–Trinajstić information content (AvgIpc) is 2.61. The second-order valence-electron chi connectivity index (χ2n) is 5.96. The fourth-order valence-corrected chi connectivity index (χ4v) is 2.70. The van der Waals surface area contributed by atoms with Crippen molar-refractivity contribution in [3.8, 4) is 0 Å². The molecule has 0 spiro atoms. The van der Waals surface area contributed by atoms with Crippen LogP contribution in [0.15, 0.2) is 48.5 Å². The van der Waals surface area contributed by atoms with Crippen molar-refractivity contribution in [1.29, 1.82) is 0 Å². The number of aryl methyl sites for hydroxylation is 1. The van der Waals surface area contributed by atoms with Gasteiger partial charge in [0.25, 0.3) is 0 Å². The number of nitrogens with zero attached hydrogens (tertiary/aromatic N) is 1. The zero-order chi connectivity index (χ0) is 19.6. The lowest BCUT2D eigenvalue weighted by molar-refractivity contribution is -0.137. The Balaban J connectivity index is 1.93. The minimum atomic E-state index is -4.42. The van der Waals surface area contributed by atoms with E-state index in [9.17, 15) is 18.0 Å². The number of rotatable bonds is 4. The van der Waals surface area contributed by atoms with Gasteiger partial charge in [0.05, 0.1) is 23.3 Å². The van der Waals surface area contributed by atoms with E-state index in [1.807, 2.05) is 0 Å². The third-order valence-electron chi connectivity index (χ3n) is 3.94. The molecule has 27 heavy (non-hydrogen) atoms. The molecule has 0 unspecified atom stereocenters. The molecule has 0 saturated carbocycles. The van der Waals surface area contributed by atoms with E-state index in [1.54, 1.807) is 44.2 Å². The molecule has 0 saturated heterocycles. The summed E-state index contributed by atoms with van der Waals surface area (Å²) in [7, 11) is 0. The fourth-order valence-electron chi connectivity index (χ4n) is 2.70. The van der Waals surface area contributed by atoms with Gasteiger partial charge in [0.15, 0.2) is 0 Å². The van der Waals surface area contributed by atoms with Crippen molar-refractivity contribution in [3.63, 3.8) is 0 Å². The second-order valence-corrected chi connectivity index (χ2v) is 5.96. The number of alkyl halides is 3. The molecule has 1 heterocycles.